The number of aromatic nitrogens is 2. The van der Waals surface area contributed by atoms with Gasteiger partial charge in [0.2, 0.25) is 10.0 Å². The molecule has 1 unspecified atom stereocenters. The summed E-state index contributed by atoms with van der Waals surface area (Å²) in [5.41, 5.74) is 0.499. The fraction of sp³-hybridized carbons (Fsp3) is 0.533. The summed E-state index contributed by atoms with van der Waals surface area (Å²) in [7, 11) is -3.58. The Kier molecular flexibility index (Phi) is 4.26. The third-order valence-corrected chi connectivity index (χ3v) is 7.10. The van der Waals surface area contributed by atoms with Crippen molar-refractivity contribution in [1.29, 1.82) is 0 Å². The summed E-state index contributed by atoms with van der Waals surface area (Å²) in [5.74, 6) is 0. The predicted molar refractivity (Wildman–Crippen MR) is 92.7 cm³/mol. The van der Waals surface area contributed by atoms with Crippen molar-refractivity contribution >= 4 is 32.7 Å². The molecule has 2 saturated heterocycles. The Morgan fingerprint density at radius 2 is 2.04 bits per heavy atom. The first kappa shape index (κ1) is 16.3. The summed E-state index contributed by atoms with van der Waals surface area (Å²) in [6, 6.07) is 1.91. The van der Waals surface area contributed by atoms with Crippen LogP contribution in [0.5, 0.6) is 0 Å². The highest BCUT2D eigenvalue weighted by Gasteiger charge is 2.37. The summed E-state index contributed by atoms with van der Waals surface area (Å²) in [6.07, 6.45) is 3.93. The molecule has 2 aliphatic rings. The van der Waals surface area contributed by atoms with Gasteiger partial charge in [0.1, 0.15) is 10.5 Å². The van der Waals surface area contributed by atoms with Crippen LogP contribution in [-0.2, 0) is 10.0 Å². The Hall–Kier alpha value is -1.19. The zero-order chi connectivity index (χ0) is 16.7. The van der Waals surface area contributed by atoms with Gasteiger partial charge in [-0.1, -0.05) is 11.6 Å². The summed E-state index contributed by atoms with van der Waals surface area (Å²) in [4.78, 5) is 9.67. The lowest BCUT2D eigenvalue weighted by molar-refractivity contribution is 0.179. The van der Waals surface area contributed by atoms with Crippen LogP contribution in [0, 0.1) is 0 Å². The second-order valence-electron chi connectivity index (χ2n) is 6.26. The highest BCUT2D eigenvalue weighted by atomic mass is 35.5. The first-order valence-corrected chi connectivity index (χ1v) is 9.95. The van der Waals surface area contributed by atoms with Crippen LogP contribution in [0.25, 0.3) is 11.0 Å². The molecule has 4 heterocycles. The van der Waals surface area contributed by atoms with Gasteiger partial charge >= 0.3 is 0 Å². The fourth-order valence-corrected chi connectivity index (χ4v) is 5.57. The Morgan fingerprint density at radius 3 is 2.83 bits per heavy atom. The van der Waals surface area contributed by atoms with E-state index >= 15 is 0 Å². The number of hydrogen-bond acceptors (Lipinski definition) is 5. The first-order chi connectivity index (χ1) is 11.6. The molecule has 2 N–H and O–H groups in total. The second-order valence-corrected chi connectivity index (χ2v) is 8.57. The van der Waals surface area contributed by atoms with E-state index in [9.17, 15) is 8.42 Å². The lowest BCUT2D eigenvalue weighted by atomic mass is 10.2. The van der Waals surface area contributed by atoms with E-state index in [1.54, 1.807) is 16.6 Å². The summed E-state index contributed by atoms with van der Waals surface area (Å²) >= 11 is 6.21. The number of aromatic amines is 1. The van der Waals surface area contributed by atoms with E-state index in [1.165, 1.54) is 6.20 Å². The van der Waals surface area contributed by atoms with Crippen molar-refractivity contribution in [3.8, 4) is 0 Å². The minimum atomic E-state index is -3.58. The van der Waals surface area contributed by atoms with Gasteiger partial charge < -0.3 is 10.3 Å². The number of sulfonamides is 1. The molecule has 2 aromatic heterocycles. The van der Waals surface area contributed by atoms with E-state index in [4.69, 9.17) is 11.6 Å². The third-order valence-electron chi connectivity index (χ3n) is 4.90. The summed E-state index contributed by atoms with van der Waals surface area (Å²) in [6.45, 7) is 4.96. The van der Waals surface area contributed by atoms with Gasteiger partial charge in [-0.3, -0.25) is 4.90 Å². The Bertz CT molecular complexity index is 847. The largest absolute Gasteiger partial charge is 0.345 e. The molecule has 1 atom stereocenters. The Morgan fingerprint density at radius 1 is 1.25 bits per heavy atom. The number of H-pyrrole nitrogens is 1. The second kappa shape index (κ2) is 6.27. The first-order valence-electron chi connectivity index (χ1n) is 8.14. The summed E-state index contributed by atoms with van der Waals surface area (Å²) in [5, 5.41) is 4.21. The topological polar surface area (TPSA) is 81.3 Å². The minimum absolute atomic E-state index is 0.219. The highest BCUT2D eigenvalue weighted by Crippen LogP contribution is 2.32. The van der Waals surface area contributed by atoms with Crippen LogP contribution in [0.15, 0.2) is 23.4 Å². The van der Waals surface area contributed by atoms with E-state index in [0.29, 0.717) is 35.2 Å². The van der Waals surface area contributed by atoms with Crippen molar-refractivity contribution in [1.82, 2.24) is 24.5 Å². The molecule has 130 valence electrons. The van der Waals surface area contributed by atoms with Gasteiger partial charge in [-0.25, -0.2) is 13.4 Å². The van der Waals surface area contributed by atoms with Gasteiger partial charge in [-0.2, -0.15) is 4.31 Å². The molecule has 0 bridgehead atoms. The number of rotatable bonds is 3. The quantitative estimate of drug-likeness (QED) is 0.839. The van der Waals surface area contributed by atoms with Crippen molar-refractivity contribution < 1.29 is 8.42 Å². The van der Waals surface area contributed by atoms with Gasteiger partial charge in [-0.15, -0.1) is 0 Å². The van der Waals surface area contributed by atoms with Crippen LogP contribution in [-0.4, -0.2) is 72.9 Å². The van der Waals surface area contributed by atoms with E-state index in [2.05, 4.69) is 20.2 Å². The van der Waals surface area contributed by atoms with Crippen LogP contribution in [0.4, 0.5) is 0 Å². The lowest BCUT2D eigenvalue weighted by Gasteiger charge is -2.32. The smallest absolute Gasteiger partial charge is 0.245 e. The molecule has 0 saturated carbocycles. The zero-order valence-electron chi connectivity index (χ0n) is 13.2. The number of halogens is 1. The SMILES string of the molecule is O=S(=O)(c1c[nH]c2nccc(Cl)c12)N1CCC(N2CCNCC2)C1. The fourth-order valence-electron chi connectivity index (χ4n) is 3.60. The van der Waals surface area contributed by atoms with Crippen molar-refractivity contribution in [3.63, 3.8) is 0 Å². The highest BCUT2D eigenvalue weighted by molar-refractivity contribution is 7.89. The van der Waals surface area contributed by atoms with Crippen LogP contribution in [0.3, 0.4) is 0 Å². The predicted octanol–water partition coefficient (Wildman–Crippen LogP) is 0.885. The van der Waals surface area contributed by atoms with Gasteiger partial charge in [0.05, 0.1) is 10.4 Å². The molecule has 4 rings (SSSR count). The van der Waals surface area contributed by atoms with E-state index in [1.807, 2.05) is 0 Å². The minimum Gasteiger partial charge on any atom is -0.345 e. The zero-order valence-corrected chi connectivity index (χ0v) is 14.8. The molecule has 24 heavy (non-hydrogen) atoms. The van der Waals surface area contributed by atoms with E-state index < -0.39 is 10.0 Å². The third kappa shape index (κ3) is 2.72. The van der Waals surface area contributed by atoms with Crippen LogP contribution >= 0.6 is 11.6 Å². The molecule has 0 aromatic carbocycles. The molecular formula is C15H20ClN5O2S. The van der Waals surface area contributed by atoms with Crippen molar-refractivity contribution in [2.75, 3.05) is 39.3 Å². The molecule has 0 radical (unpaired) electrons. The van der Waals surface area contributed by atoms with Crippen LogP contribution < -0.4 is 5.32 Å². The number of piperazine rings is 1. The molecule has 9 heteroatoms. The van der Waals surface area contributed by atoms with Gasteiger partial charge in [0.15, 0.2) is 0 Å². The number of nitrogens with zero attached hydrogens (tertiary/aromatic N) is 3. The van der Waals surface area contributed by atoms with E-state index in [-0.39, 0.29) is 4.90 Å². The average molecular weight is 370 g/mol. The van der Waals surface area contributed by atoms with E-state index in [0.717, 1.165) is 32.6 Å². The lowest BCUT2D eigenvalue weighted by Crippen LogP contribution is -2.49. The molecule has 0 aliphatic carbocycles. The Balaban J connectivity index is 1.61. The van der Waals surface area contributed by atoms with Crippen molar-refractivity contribution in [2.45, 2.75) is 17.4 Å². The maximum atomic E-state index is 13.1. The van der Waals surface area contributed by atoms with Crippen LogP contribution in [0.2, 0.25) is 5.02 Å². The van der Waals surface area contributed by atoms with Crippen molar-refractivity contribution in [3.05, 3.63) is 23.5 Å². The molecule has 2 fully saturated rings. The van der Waals surface area contributed by atoms with Crippen LogP contribution in [0.1, 0.15) is 6.42 Å². The van der Waals surface area contributed by atoms with Crippen molar-refractivity contribution in [2.24, 2.45) is 0 Å². The standard InChI is InChI=1S/C15H20ClN5O2S/c16-12-1-3-18-15-14(12)13(9-19-15)24(22,23)21-6-2-11(10-21)20-7-4-17-5-8-20/h1,3,9,11,17H,2,4-8,10H2,(H,18,19). The van der Waals surface area contributed by atoms with Gasteiger partial charge in [0, 0.05) is 57.7 Å². The monoisotopic (exact) mass is 369 g/mol. The number of hydrogen-bond donors (Lipinski definition) is 2. The number of fused-ring (bicyclic) bond motifs is 1. The maximum absolute atomic E-state index is 13.1. The average Bonchev–Trinajstić information content (AvgIpc) is 3.24. The number of nitrogens with one attached hydrogen (secondary N) is 2. The molecule has 2 aromatic rings. The molecular weight excluding hydrogens is 350 g/mol. The Labute approximate surface area is 146 Å². The maximum Gasteiger partial charge on any atom is 0.245 e. The molecule has 0 spiro atoms. The van der Waals surface area contributed by atoms with Gasteiger partial charge in [-0.05, 0) is 12.5 Å². The molecule has 7 nitrogen and oxygen atoms in total. The molecule has 2 aliphatic heterocycles. The normalized spacial score (nSPS) is 24.0. The molecule has 0 amide bonds. The number of pyridine rings is 1. The van der Waals surface area contributed by atoms with Gasteiger partial charge in [0.25, 0.3) is 0 Å². The summed E-state index contributed by atoms with van der Waals surface area (Å²) < 4.78 is 27.7.